The highest BCUT2D eigenvalue weighted by Gasteiger charge is 2.35. The molecule has 2 saturated carbocycles. The summed E-state index contributed by atoms with van der Waals surface area (Å²) in [5.74, 6) is 0.755. The molecule has 0 unspecified atom stereocenters. The Balaban J connectivity index is 1.49. The molecule has 1 amide bonds. The van der Waals surface area contributed by atoms with Crippen LogP contribution in [0.4, 0.5) is 0 Å². The highest BCUT2D eigenvalue weighted by Crippen LogP contribution is 2.28. The quantitative estimate of drug-likeness (QED) is 0.731. The smallest absolute Gasteiger partial charge is 0.282 e. The Morgan fingerprint density at radius 2 is 1.42 bits per heavy atom. The third-order valence-corrected chi connectivity index (χ3v) is 8.60. The van der Waals surface area contributed by atoms with E-state index >= 15 is 0 Å². The summed E-state index contributed by atoms with van der Waals surface area (Å²) in [6, 6.07) is 0.139. The summed E-state index contributed by atoms with van der Waals surface area (Å²) in [5, 5.41) is 0. The van der Waals surface area contributed by atoms with Crippen LogP contribution >= 0.6 is 0 Å². The molecule has 3 fully saturated rings. The molecule has 26 heavy (non-hydrogen) atoms. The van der Waals surface area contributed by atoms with Gasteiger partial charge in [0.1, 0.15) is 0 Å². The Bertz CT molecular complexity index is 561. The van der Waals surface area contributed by atoms with Gasteiger partial charge in [-0.05, 0) is 31.6 Å². The molecule has 0 aromatic heterocycles. The molecule has 0 bridgehead atoms. The van der Waals surface area contributed by atoms with Crippen LogP contribution in [-0.4, -0.2) is 67.1 Å². The molecule has 6 nitrogen and oxygen atoms in total. The molecular formula is C19H35N3O3S. The van der Waals surface area contributed by atoms with Crippen molar-refractivity contribution in [2.75, 3.05) is 33.2 Å². The van der Waals surface area contributed by atoms with E-state index in [-0.39, 0.29) is 11.9 Å². The Morgan fingerprint density at radius 1 is 0.885 bits per heavy atom. The molecule has 1 heterocycles. The van der Waals surface area contributed by atoms with Crippen LogP contribution in [0, 0.1) is 5.92 Å². The largest absolute Gasteiger partial charge is 0.340 e. The van der Waals surface area contributed by atoms with Gasteiger partial charge < -0.3 is 4.90 Å². The first-order valence-electron chi connectivity index (χ1n) is 10.5. The number of carbonyl (C=O) groups is 1. The number of hydrogen-bond donors (Lipinski definition) is 0. The van der Waals surface area contributed by atoms with Crippen LogP contribution in [0.3, 0.4) is 0 Å². The molecule has 150 valence electrons. The molecule has 0 N–H and O–H groups in total. The zero-order valence-electron chi connectivity index (χ0n) is 16.2. The van der Waals surface area contributed by atoms with Crippen molar-refractivity contribution in [1.82, 2.24) is 13.5 Å². The fraction of sp³-hybridized carbons (Fsp3) is 0.947. The van der Waals surface area contributed by atoms with Crippen molar-refractivity contribution >= 4 is 16.1 Å². The van der Waals surface area contributed by atoms with Gasteiger partial charge in [0.15, 0.2) is 0 Å². The molecule has 0 aromatic carbocycles. The van der Waals surface area contributed by atoms with E-state index in [4.69, 9.17) is 0 Å². The molecule has 0 radical (unpaired) electrons. The van der Waals surface area contributed by atoms with E-state index < -0.39 is 10.2 Å². The Hall–Kier alpha value is -0.660. The van der Waals surface area contributed by atoms with Gasteiger partial charge in [-0.2, -0.15) is 17.0 Å². The molecule has 1 aliphatic heterocycles. The Morgan fingerprint density at radius 3 is 2.00 bits per heavy atom. The van der Waals surface area contributed by atoms with Gasteiger partial charge in [-0.25, -0.2) is 0 Å². The van der Waals surface area contributed by atoms with Crippen LogP contribution in [0.1, 0.15) is 70.6 Å². The lowest BCUT2D eigenvalue weighted by molar-refractivity contribution is -0.133. The van der Waals surface area contributed by atoms with E-state index in [9.17, 15) is 13.2 Å². The molecule has 0 spiro atoms. The summed E-state index contributed by atoms with van der Waals surface area (Å²) in [6.45, 7) is 1.91. The maximum Gasteiger partial charge on any atom is 0.282 e. The highest BCUT2D eigenvalue weighted by molar-refractivity contribution is 7.86. The van der Waals surface area contributed by atoms with Gasteiger partial charge in [0.2, 0.25) is 5.91 Å². The predicted molar refractivity (Wildman–Crippen MR) is 103 cm³/mol. The van der Waals surface area contributed by atoms with Crippen molar-refractivity contribution in [1.29, 1.82) is 0 Å². The molecule has 3 rings (SSSR count). The predicted octanol–water partition coefficient (Wildman–Crippen LogP) is 2.61. The average Bonchev–Trinajstić information content (AvgIpc) is 2.69. The van der Waals surface area contributed by atoms with Crippen LogP contribution in [0.25, 0.3) is 0 Å². The molecule has 1 saturated heterocycles. The molecule has 2 aliphatic carbocycles. The zero-order chi connectivity index (χ0) is 18.6. The summed E-state index contributed by atoms with van der Waals surface area (Å²) in [7, 11) is -1.68. The maximum atomic E-state index is 12.9. The first-order chi connectivity index (χ1) is 12.5. The van der Waals surface area contributed by atoms with Crippen molar-refractivity contribution in [3.63, 3.8) is 0 Å². The third kappa shape index (κ3) is 4.78. The Labute approximate surface area is 159 Å². The van der Waals surface area contributed by atoms with Gasteiger partial charge in [-0.15, -0.1) is 0 Å². The van der Waals surface area contributed by atoms with E-state index in [2.05, 4.69) is 0 Å². The van der Waals surface area contributed by atoms with Crippen LogP contribution in [0.15, 0.2) is 0 Å². The van der Waals surface area contributed by atoms with E-state index in [1.165, 1.54) is 38.5 Å². The molecule has 0 atom stereocenters. The number of piperazine rings is 1. The summed E-state index contributed by atoms with van der Waals surface area (Å²) in [5.41, 5.74) is 0. The monoisotopic (exact) mass is 385 g/mol. The zero-order valence-corrected chi connectivity index (χ0v) is 17.1. The Kier molecular flexibility index (Phi) is 6.97. The van der Waals surface area contributed by atoms with E-state index in [0.717, 1.165) is 25.7 Å². The van der Waals surface area contributed by atoms with Crippen molar-refractivity contribution in [2.45, 2.75) is 76.7 Å². The van der Waals surface area contributed by atoms with E-state index in [0.29, 0.717) is 38.5 Å². The maximum absolute atomic E-state index is 12.9. The average molecular weight is 386 g/mol. The lowest BCUT2D eigenvalue weighted by Gasteiger charge is -2.39. The number of amides is 1. The lowest BCUT2D eigenvalue weighted by Crippen LogP contribution is -2.55. The highest BCUT2D eigenvalue weighted by atomic mass is 32.2. The normalized spacial score (nSPS) is 24.9. The summed E-state index contributed by atoms with van der Waals surface area (Å²) in [4.78, 5) is 14.4. The van der Waals surface area contributed by atoms with Gasteiger partial charge in [-0.3, -0.25) is 4.79 Å². The van der Waals surface area contributed by atoms with Crippen molar-refractivity contribution < 1.29 is 13.2 Å². The van der Waals surface area contributed by atoms with Gasteiger partial charge in [0, 0.05) is 45.7 Å². The van der Waals surface area contributed by atoms with Crippen molar-refractivity contribution in [3.8, 4) is 0 Å². The minimum absolute atomic E-state index is 0.139. The minimum Gasteiger partial charge on any atom is -0.340 e. The second-order valence-electron chi connectivity index (χ2n) is 8.30. The topological polar surface area (TPSA) is 60.9 Å². The molecule has 7 heteroatoms. The summed E-state index contributed by atoms with van der Waals surface area (Å²) >= 11 is 0. The fourth-order valence-electron chi connectivity index (χ4n) is 4.75. The number of nitrogens with zero attached hydrogens (tertiary/aromatic N) is 3. The van der Waals surface area contributed by atoms with Gasteiger partial charge >= 0.3 is 0 Å². The lowest BCUT2D eigenvalue weighted by atomic mass is 9.86. The standard InChI is InChI=1S/C19H35N3O3S/c1-20(18-10-6-3-7-11-18)26(24,25)22-14-12-21(13-15-22)19(23)16-17-8-4-2-5-9-17/h17-18H,2-16H2,1H3. The summed E-state index contributed by atoms with van der Waals surface area (Å²) in [6.07, 6.45) is 12.2. The number of carbonyl (C=O) groups excluding carboxylic acids is 1. The van der Waals surface area contributed by atoms with Crippen LogP contribution in [-0.2, 0) is 15.0 Å². The van der Waals surface area contributed by atoms with Crippen LogP contribution < -0.4 is 0 Å². The van der Waals surface area contributed by atoms with Gasteiger partial charge in [-0.1, -0.05) is 38.5 Å². The van der Waals surface area contributed by atoms with E-state index in [1.54, 1.807) is 15.7 Å². The van der Waals surface area contributed by atoms with Gasteiger partial charge in [0.25, 0.3) is 10.2 Å². The first-order valence-corrected chi connectivity index (χ1v) is 11.9. The SMILES string of the molecule is CN(C1CCCCC1)S(=O)(=O)N1CCN(C(=O)CC2CCCCC2)CC1. The molecule has 0 aromatic rings. The third-order valence-electron chi connectivity index (χ3n) is 6.56. The molecule has 3 aliphatic rings. The minimum atomic E-state index is -3.41. The first kappa shape index (κ1) is 20.1. The molecular weight excluding hydrogens is 350 g/mol. The summed E-state index contributed by atoms with van der Waals surface area (Å²) < 4.78 is 29.0. The van der Waals surface area contributed by atoms with Gasteiger partial charge in [0.05, 0.1) is 0 Å². The van der Waals surface area contributed by atoms with Crippen LogP contribution in [0.5, 0.6) is 0 Å². The second-order valence-corrected chi connectivity index (χ2v) is 10.3. The van der Waals surface area contributed by atoms with E-state index in [1.807, 2.05) is 4.90 Å². The fourth-order valence-corrected chi connectivity index (χ4v) is 6.33. The number of rotatable bonds is 5. The second kappa shape index (κ2) is 9.02. The van der Waals surface area contributed by atoms with Crippen molar-refractivity contribution in [3.05, 3.63) is 0 Å². The number of hydrogen-bond acceptors (Lipinski definition) is 3. The van der Waals surface area contributed by atoms with Crippen LogP contribution in [0.2, 0.25) is 0 Å². The van der Waals surface area contributed by atoms with Crippen molar-refractivity contribution in [2.24, 2.45) is 5.92 Å².